The predicted octanol–water partition coefficient (Wildman–Crippen LogP) is 3.75. The number of nitrogens with zero attached hydrogens (tertiary/aromatic N) is 1. The van der Waals surface area contributed by atoms with Crippen LogP contribution in [0.2, 0.25) is 0 Å². The minimum absolute atomic E-state index is 0.657. The van der Waals surface area contributed by atoms with E-state index in [0.717, 1.165) is 12.2 Å². The molecular formula is C17H20N2. The fraction of sp³-hybridized carbons (Fsp3) is 0.294. The quantitative estimate of drug-likeness (QED) is 0.840. The fourth-order valence-corrected chi connectivity index (χ4v) is 2.48. The highest BCUT2D eigenvalue weighted by atomic mass is 15.2. The lowest BCUT2D eigenvalue weighted by molar-refractivity contribution is 0.795. The molecule has 0 heterocycles. The van der Waals surface area contributed by atoms with Crippen LogP contribution in [0.25, 0.3) is 0 Å². The largest absolute Gasteiger partial charge is 0.397 e. The van der Waals surface area contributed by atoms with Crippen molar-refractivity contribution < 1.29 is 0 Å². The molecule has 2 aromatic rings. The smallest absolute Gasteiger partial charge is 0.0608 e. The molecule has 1 aliphatic carbocycles. The minimum Gasteiger partial charge on any atom is -0.397 e. The van der Waals surface area contributed by atoms with E-state index in [-0.39, 0.29) is 0 Å². The molecule has 2 nitrogen and oxygen atoms in total. The molecule has 3 rings (SSSR count). The third kappa shape index (κ3) is 2.73. The van der Waals surface area contributed by atoms with Crippen molar-refractivity contribution in [3.63, 3.8) is 0 Å². The Morgan fingerprint density at radius 1 is 1.11 bits per heavy atom. The molecule has 1 fully saturated rings. The van der Waals surface area contributed by atoms with Crippen LogP contribution in [0.1, 0.15) is 24.0 Å². The van der Waals surface area contributed by atoms with Gasteiger partial charge in [-0.05, 0) is 43.0 Å². The van der Waals surface area contributed by atoms with Gasteiger partial charge in [0.15, 0.2) is 0 Å². The Morgan fingerprint density at radius 3 is 2.53 bits per heavy atom. The van der Waals surface area contributed by atoms with Crippen molar-refractivity contribution in [3.05, 3.63) is 59.7 Å². The van der Waals surface area contributed by atoms with E-state index in [2.05, 4.69) is 54.3 Å². The average Bonchev–Trinajstić information content (AvgIpc) is 3.25. The summed E-state index contributed by atoms with van der Waals surface area (Å²) >= 11 is 0. The molecule has 0 spiro atoms. The minimum atomic E-state index is 0.657. The van der Waals surface area contributed by atoms with Crippen LogP contribution in [0.15, 0.2) is 48.5 Å². The molecule has 1 saturated carbocycles. The second kappa shape index (κ2) is 4.96. The van der Waals surface area contributed by atoms with Crippen LogP contribution >= 0.6 is 0 Å². The zero-order valence-corrected chi connectivity index (χ0v) is 11.3. The predicted molar refractivity (Wildman–Crippen MR) is 81.2 cm³/mol. The third-order valence-electron chi connectivity index (χ3n) is 3.68. The molecular weight excluding hydrogens is 232 g/mol. The zero-order chi connectivity index (χ0) is 13.2. The monoisotopic (exact) mass is 252 g/mol. The van der Waals surface area contributed by atoms with E-state index in [4.69, 9.17) is 5.73 Å². The first-order valence-corrected chi connectivity index (χ1v) is 6.91. The van der Waals surface area contributed by atoms with E-state index in [0.29, 0.717) is 6.04 Å². The zero-order valence-electron chi connectivity index (χ0n) is 11.3. The van der Waals surface area contributed by atoms with Gasteiger partial charge in [0.05, 0.1) is 11.4 Å². The summed E-state index contributed by atoms with van der Waals surface area (Å²) in [4.78, 5) is 2.46. The van der Waals surface area contributed by atoms with Gasteiger partial charge in [-0.3, -0.25) is 0 Å². The molecule has 0 bridgehead atoms. The maximum absolute atomic E-state index is 6.17. The van der Waals surface area contributed by atoms with Crippen molar-refractivity contribution in [2.45, 2.75) is 32.4 Å². The van der Waals surface area contributed by atoms with Crippen LogP contribution in [0.3, 0.4) is 0 Å². The molecule has 98 valence electrons. The maximum Gasteiger partial charge on any atom is 0.0608 e. The molecule has 0 atom stereocenters. The molecule has 0 aromatic heterocycles. The van der Waals surface area contributed by atoms with Gasteiger partial charge in [-0.1, -0.05) is 36.4 Å². The Balaban J connectivity index is 1.91. The van der Waals surface area contributed by atoms with Gasteiger partial charge in [0.1, 0.15) is 0 Å². The number of benzene rings is 2. The summed E-state index contributed by atoms with van der Waals surface area (Å²) in [5.41, 5.74) is 10.8. The lowest BCUT2D eigenvalue weighted by atomic mass is 10.1. The van der Waals surface area contributed by atoms with Crippen LogP contribution < -0.4 is 10.6 Å². The SMILES string of the molecule is Cc1ccc(N)c(N(Cc2ccccc2)C2CC2)c1. The Bertz CT molecular complexity index is 559. The van der Waals surface area contributed by atoms with E-state index in [1.54, 1.807) is 0 Å². The summed E-state index contributed by atoms with van der Waals surface area (Å²) in [6.45, 7) is 3.07. The molecule has 0 amide bonds. The summed E-state index contributed by atoms with van der Waals surface area (Å²) in [5, 5.41) is 0. The van der Waals surface area contributed by atoms with Gasteiger partial charge in [0, 0.05) is 12.6 Å². The molecule has 2 aromatic carbocycles. The topological polar surface area (TPSA) is 29.3 Å². The van der Waals surface area contributed by atoms with Gasteiger partial charge in [-0.2, -0.15) is 0 Å². The van der Waals surface area contributed by atoms with Gasteiger partial charge >= 0.3 is 0 Å². The van der Waals surface area contributed by atoms with Gasteiger partial charge in [0.25, 0.3) is 0 Å². The first-order chi connectivity index (χ1) is 9.24. The van der Waals surface area contributed by atoms with Crippen LogP contribution in [0, 0.1) is 6.92 Å². The Morgan fingerprint density at radius 2 is 1.84 bits per heavy atom. The Labute approximate surface area is 114 Å². The van der Waals surface area contributed by atoms with E-state index in [1.807, 2.05) is 6.07 Å². The number of nitrogens with two attached hydrogens (primary N) is 1. The highest BCUT2D eigenvalue weighted by Crippen LogP contribution is 2.36. The highest BCUT2D eigenvalue weighted by Gasteiger charge is 2.30. The van der Waals surface area contributed by atoms with Crippen molar-refractivity contribution in [1.29, 1.82) is 0 Å². The maximum atomic E-state index is 6.17. The van der Waals surface area contributed by atoms with Crippen LogP contribution in [-0.2, 0) is 6.54 Å². The highest BCUT2D eigenvalue weighted by molar-refractivity contribution is 5.69. The first kappa shape index (κ1) is 12.1. The summed E-state index contributed by atoms with van der Waals surface area (Å²) < 4.78 is 0. The number of anilines is 2. The summed E-state index contributed by atoms with van der Waals surface area (Å²) in [7, 11) is 0. The average molecular weight is 252 g/mol. The van der Waals surface area contributed by atoms with Crippen molar-refractivity contribution in [2.75, 3.05) is 10.6 Å². The van der Waals surface area contributed by atoms with Gasteiger partial charge in [0.2, 0.25) is 0 Å². The number of aryl methyl sites for hydroxylation is 1. The normalized spacial score (nSPS) is 14.4. The summed E-state index contributed by atoms with van der Waals surface area (Å²) in [5.74, 6) is 0. The van der Waals surface area contributed by atoms with E-state index in [9.17, 15) is 0 Å². The number of nitrogen functional groups attached to an aromatic ring is 1. The molecule has 0 radical (unpaired) electrons. The standard InChI is InChI=1S/C17H20N2/c1-13-7-10-16(18)17(11-13)19(15-8-9-15)12-14-5-3-2-4-6-14/h2-7,10-11,15H,8-9,12,18H2,1H3. The second-order valence-electron chi connectivity index (χ2n) is 5.41. The van der Waals surface area contributed by atoms with Crippen molar-refractivity contribution >= 4 is 11.4 Å². The van der Waals surface area contributed by atoms with Crippen molar-refractivity contribution in [3.8, 4) is 0 Å². The van der Waals surface area contributed by atoms with Crippen molar-refractivity contribution in [1.82, 2.24) is 0 Å². The lowest BCUT2D eigenvalue weighted by Crippen LogP contribution is -2.26. The van der Waals surface area contributed by atoms with E-state index >= 15 is 0 Å². The van der Waals surface area contributed by atoms with Crippen LogP contribution in [0.4, 0.5) is 11.4 Å². The van der Waals surface area contributed by atoms with Crippen molar-refractivity contribution in [2.24, 2.45) is 0 Å². The number of hydrogen-bond donors (Lipinski definition) is 1. The summed E-state index contributed by atoms with van der Waals surface area (Å²) in [6.07, 6.45) is 2.56. The Hall–Kier alpha value is -1.96. The van der Waals surface area contributed by atoms with Gasteiger partial charge in [-0.25, -0.2) is 0 Å². The van der Waals surface area contributed by atoms with E-state index in [1.165, 1.54) is 29.7 Å². The third-order valence-corrected chi connectivity index (χ3v) is 3.68. The fourth-order valence-electron chi connectivity index (χ4n) is 2.48. The molecule has 0 aliphatic heterocycles. The number of hydrogen-bond acceptors (Lipinski definition) is 2. The van der Waals surface area contributed by atoms with Crippen LogP contribution in [0.5, 0.6) is 0 Å². The first-order valence-electron chi connectivity index (χ1n) is 6.91. The molecule has 19 heavy (non-hydrogen) atoms. The van der Waals surface area contributed by atoms with Gasteiger partial charge < -0.3 is 10.6 Å². The van der Waals surface area contributed by atoms with Gasteiger partial charge in [-0.15, -0.1) is 0 Å². The number of rotatable bonds is 4. The molecule has 2 N–H and O–H groups in total. The molecule has 2 heteroatoms. The van der Waals surface area contributed by atoms with E-state index < -0.39 is 0 Å². The lowest BCUT2D eigenvalue weighted by Gasteiger charge is -2.26. The summed E-state index contributed by atoms with van der Waals surface area (Å²) in [6, 6.07) is 17.6. The molecule has 0 saturated heterocycles. The molecule has 1 aliphatic rings. The van der Waals surface area contributed by atoms with Crippen LogP contribution in [-0.4, -0.2) is 6.04 Å². The molecule has 0 unspecified atom stereocenters. The Kier molecular flexibility index (Phi) is 3.16. The second-order valence-corrected chi connectivity index (χ2v) is 5.41.